The van der Waals surface area contributed by atoms with E-state index in [1.165, 1.54) is 5.56 Å². The van der Waals surface area contributed by atoms with Gasteiger partial charge in [0.25, 0.3) is 0 Å². The van der Waals surface area contributed by atoms with Crippen molar-refractivity contribution < 1.29 is 4.79 Å². The van der Waals surface area contributed by atoms with Crippen molar-refractivity contribution in [2.75, 3.05) is 26.2 Å². The first kappa shape index (κ1) is 12.8. The molecule has 4 aliphatic heterocycles. The Labute approximate surface area is 124 Å². The number of carbonyl (C=O) groups excluding carboxylic acids is 1. The van der Waals surface area contributed by atoms with E-state index in [0.717, 1.165) is 31.2 Å². The molecule has 4 heteroatoms. The van der Waals surface area contributed by atoms with Crippen LogP contribution < -0.4 is 0 Å². The van der Waals surface area contributed by atoms with Crippen LogP contribution in [0, 0.1) is 10.8 Å². The molecular formula is C16H19ClN2O. The molecule has 0 amide bonds. The van der Waals surface area contributed by atoms with Gasteiger partial charge in [0, 0.05) is 36.8 Å². The Morgan fingerprint density at radius 2 is 1.55 bits per heavy atom. The largest absolute Gasteiger partial charge is 0.298 e. The van der Waals surface area contributed by atoms with Crippen LogP contribution >= 0.6 is 11.6 Å². The molecule has 4 aliphatic rings. The first-order valence-corrected chi connectivity index (χ1v) is 7.58. The summed E-state index contributed by atoms with van der Waals surface area (Å²) in [5, 5.41) is 0.826. The molecule has 0 unspecified atom stereocenters. The number of hydrogen-bond acceptors (Lipinski definition) is 3. The molecular weight excluding hydrogens is 272 g/mol. The predicted octanol–water partition coefficient (Wildman–Crippen LogP) is 2.57. The Morgan fingerprint density at radius 1 is 1.05 bits per heavy atom. The maximum atomic E-state index is 12.6. The zero-order valence-electron chi connectivity index (χ0n) is 11.9. The van der Waals surface area contributed by atoms with Gasteiger partial charge in [0.15, 0.2) is 0 Å². The molecule has 4 bridgehead atoms. The van der Waals surface area contributed by atoms with Crippen molar-refractivity contribution in [3.63, 3.8) is 0 Å². The highest BCUT2D eigenvalue weighted by Gasteiger charge is 2.62. The van der Waals surface area contributed by atoms with Crippen LogP contribution in [-0.2, 0) is 4.79 Å². The summed E-state index contributed by atoms with van der Waals surface area (Å²) in [6.45, 7) is 7.66. The lowest BCUT2D eigenvalue weighted by Gasteiger charge is -2.64. The highest BCUT2D eigenvalue weighted by molar-refractivity contribution is 6.31. The number of halogens is 1. The van der Waals surface area contributed by atoms with Crippen molar-refractivity contribution in [2.45, 2.75) is 20.0 Å². The number of piperidine rings is 2. The van der Waals surface area contributed by atoms with Crippen LogP contribution in [0.4, 0.5) is 0 Å². The second kappa shape index (κ2) is 3.85. The molecule has 4 fully saturated rings. The van der Waals surface area contributed by atoms with Crippen LogP contribution in [0.5, 0.6) is 0 Å². The van der Waals surface area contributed by atoms with Crippen molar-refractivity contribution in [3.05, 3.63) is 34.9 Å². The van der Waals surface area contributed by atoms with E-state index in [1.807, 2.05) is 18.2 Å². The Hall–Kier alpha value is -0.900. The third kappa shape index (κ3) is 1.51. The summed E-state index contributed by atoms with van der Waals surface area (Å²) < 4.78 is 0. The Bertz CT molecular complexity index is 560. The minimum absolute atomic E-state index is 0.205. The van der Waals surface area contributed by atoms with E-state index in [-0.39, 0.29) is 17.0 Å². The fourth-order valence-electron chi connectivity index (χ4n) is 4.68. The van der Waals surface area contributed by atoms with Gasteiger partial charge in [-0.15, -0.1) is 0 Å². The first-order valence-electron chi connectivity index (χ1n) is 7.20. The van der Waals surface area contributed by atoms with Crippen molar-refractivity contribution in [3.8, 4) is 0 Å². The number of Topliss-reactive ketones (excluding diaryl/α,β-unsaturated/α-hetero) is 1. The third-order valence-electron chi connectivity index (χ3n) is 5.18. The summed E-state index contributed by atoms with van der Waals surface area (Å²) in [6, 6.07) is 8.09. The molecule has 0 saturated carbocycles. The molecule has 1 aromatic carbocycles. The van der Waals surface area contributed by atoms with E-state index in [9.17, 15) is 4.79 Å². The molecule has 5 rings (SSSR count). The van der Waals surface area contributed by atoms with E-state index < -0.39 is 0 Å². The smallest absolute Gasteiger partial charge is 0.149 e. The van der Waals surface area contributed by atoms with Gasteiger partial charge in [-0.3, -0.25) is 14.6 Å². The number of carbonyl (C=O) groups is 1. The molecule has 3 nitrogen and oxygen atoms in total. The normalized spacial score (nSPS) is 46.0. The fourth-order valence-corrected chi connectivity index (χ4v) is 4.91. The van der Waals surface area contributed by atoms with Crippen LogP contribution in [0.25, 0.3) is 0 Å². The summed E-state index contributed by atoms with van der Waals surface area (Å²) >= 11 is 6.39. The second-order valence-corrected chi connectivity index (χ2v) is 7.56. The summed E-state index contributed by atoms with van der Waals surface area (Å²) in [4.78, 5) is 17.5. The topological polar surface area (TPSA) is 23.6 Å². The number of nitrogens with zero attached hydrogens (tertiary/aromatic N) is 2. The van der Waals surface area contributed by atoms with E-state index >= 15 is 0 Å². The summed E-state index contributed by atoms with van der Waals surface area (Å²) in [5.74, 6) is 0.454. The van der Waals surface area contributed by atoms with Crippen LogP contribution in [0.3, 0.4) is 0 Å². The van der Waals surface area contributed by atoms with Gasteiger partial charge in [-0.2, -0.15) is 0 Å². The molecule has 0 spiro atoms. The predicted molar refractivity (Wildman–Crippen MR) is 78.6 cm³/mol. The molecule has 20 heavy (non-hydrogen) atoms. The van der Waals surface area contributed by atoms with Crippen LogP contribution in [0.2, 0.25) is 5.02 Å². The maximum absolute atomic E-state index is 12.6. The van der Waals surface area contributed by atoms with Crippen molar-refractivity contribution >= 4 is 17.4 Å². The number of rotatable bonds is 1. The van der Waals surface area contributed by atoms with Gasteiger partial charge in [-0.05, 0) is 6.07 Å². The van der Waals surface area contributed by atoms with Crippen LogP contribution in [0.1, 0.15) is 25.6 Å². The summed E-state index contributed by atoms with van der Waals surface area (Å²) in [6.07, 6.45) is 0.234. The molecule has 0 radical (unpaired) electrons. The standard InChI is InChI=1S/C16H19ClN2O/c1-15-7-18-9-16(2,14(15)20)10-19(8-15)13(18)11-5-3-4-6-12(11)17/h3-6,13H,7-10H2,1-2H3. The molecule has 0 N–H and O–H groups in total. The van der Waals surface area contributed by atoms with Gasteiger partial charge in [0.05, 0.1) is 17.0 Å². The molecule has 0 atom stereocenters. The number of hydrogen-bond donors (Lipinski definition) is 0. The lowest BCUT2D eigenvalue weighted by molar-refractivity contribution is -0.197. The monoisotopic (exact) mass is 290 g/mol. The van der Waals surface area contributed by atoms with E-state index in [1.54, 1.807) is 0 Å². The molecule has 0 aromatic heterocycles. The zero-order chi connectivity index (χ0) is 14.1. The minimum Gasteiger partial charge on any atom is -0.298 e. The quantitative estimate of drug-likeness (QED) is 0.794. The average molecular weight is 291 g/mol. The van der Waals surface area contributed by atoms with Crippen molar-refractivity contribution in [2.24, 2.45) is 10.8 Å². The van der Waals surface area contributed by atoms with Gasteiger partial charge in [0.2, 0.25) is 0 Å². The summed E-state index contributed by atoms with van der Waals surface area (Å²) in [5.41, 5.74) is 0.763. The van der Waals surface area contributed by atoms with Gasteiger partial charge < -0.3 is 0 Å². The zero-order valence-corrected chi connectivity index (χ0v) is 12.7. The highest BCUT2D eigenvalue weighted by atomic mass is 35.5. The average Bonchev–Trinajstić information content (AvgIpc) is 2.36. The van der Waals surface area contributed by atoms with Crippen LogP contribution in [-0.4, -0.2) is 41.8 Å². The van der Waals surface area contributed by atoms with E-state index in [4.69, 9.17) is 11.6 Å². The lowest BCUT2D eigenvalue weighted by Crippen LogP contribution is -2.75. The van der Waals surface area contributed by atoms with Crippen LogP contribution in [0.15, 0.2) is 24.3 Å². The van der Waals surface area contributed by atoms with Gasteiger partial charge >= 0.3 is 0 Å². The fraction of sp³-hybridized carbons (Fsp3) is 0.562. The van der Waals surface area contributed by atoms with Crippen molar-refractivity contribution in [1.29, 1.82) is 0 Å². The molecule has 1 aromatic rings. The number of ketones is 1. The van der Waals surface area contributed by atoms with Crippen molar-refractivity contribution in [1.82, 2.24) is 9.80 Å². The molecule has 4 heterocycles. The van der Waals surface area contributed by atoms with Gasteiger partial charge in [-0.25, -0.2) is 0 Å². The second-order valence-electron chi connectivity index (χ2n) is 7.16. The van der Waals surface area contributed by atoms with E-state index in [2.05, 4.69) is 29.7 Å². The van der Waals surface area contributed by atoms with Gasteiger partial charge in [-0.1, -0.05) is 43.6 Å². The SMILES string of the molecule is CC12CN3CC(C)(CN(C1)C3c1ccccc1Cl)C2=O. The first-order chi connectivity index (χ1) is 9.43. The molecule has 106 valence electrons. The highest BCUT2D eigenvalue weighted by Crippen LogP contribution is 2.52. The minimum atomic E-state index is -0.205. The third-order valence-corrected chi connectivity index (χ3v) is 5.52. The van der Waals surface area contributed by atoms with E-state index in [0.29, 0.717) is 5.78 Å². The maximum Gasteiger partial charge on any atom is 0.149 e. The molecule has 4 saturated heterocycles. The lowest BCUT2D eigenvalue weighted by atomic mass is 9.62. The number of benzene rings is 1. The Balaban J connectivity index is 1.78. The Kier molecular flexibility index (Phi) is 2.46. The molecule has 0 aliphatic carbocycles. The summed E-state index contributed by atoms with van der Waals surface area (Å²) in [7, 11) is 0. The Morgan fingerprint density at radius 3 is 2.05 bits per heavy atom. The van der Waals surface area contributed by atoms with Gasteiger partial charge in [0.1, 0.15) is 5.78 Å².